The molecule has 13 N–H and O–H groups in total. The lowest BCUT2D eigenvalue weighted by Gasteiger charge is -2.46. The van der Waals surface area contributed by atoms with Crippen LogP contribution in [0.15, 0.2) is 85.1 Å². The summed E-state index contributed by atoms with van der Waals surface area (Å²) in [5.41, 5.74) is 6.07. The predicted molar refractivity (Wildman–Crippen MR) is 254 cm³/mol. The van der Waals surface area contributed by atoms with Crippen molar-refractivity contribution in [3.63, 3.8) is 0 Å². The molecule has 0 spiro atoms. The zero-order valence-corrected chi connectivity index (χ0v) is 40.7. The highest BCUT2D eigenvalue weighted by Crippen LogP contribution is 2.38. The third-order valence-corrected chi connectivity index (χ3v) is 12.7. The Balaban J connectivity index is 1.93. The molecule has 2 fully saturated rings. The Morgan fingerprint density at radius 1 is 0.700 bits per heavy atom. The van der Waals surface area contributed by atoms with E-state index in [1.807, 2.05) is 13.0 Å². The number of esters is 2. The Bertz CT molecular complexity index is 1820. The zero-order chi connectivity index (χ0) is 52.1. The van der Waals surface area contributed by atoms with Crippen molar-refractivity contribution in [2.45, 2.75) is 177 Å². The topological polar surface area (TPSA) is 338 Å². The first-order valence-electron chi connectivity index (χ1n) is 23.9. The number of amides is 1. The van der Waals surface area contributed by atoms with Gasteiger partial charge in [0.25, 0.3) is 0 Å². The van der Waals surface area contributed by atoms with Crippen molar-refractivity contribution in [1.82, 2.24) is 5.32 Å². The molecule has 0 aromatic rings. The predicted octanol–water partition coefficient (Wildman–Crippen LogP) is -0.0837. The molecule has 20 nitrogen and oxygen atoms in total. The molecule has 0 saturated carbocycles. The van der Waals surface area contributed by atoms with Crippen molar-refractivity contribution >= 4 is 17.8 Å². The molecule has 0 aliphatic carbocycles. The maximum absolute atomic E-state index is 13.6. The highest BCUT2D eigenvalue weighted by atomic mass is 16.7. The highest BCUT2D eigenvalue weighted by molar-refractivity contribution is 5.84. The molecule has 0 aromatic carbocycles. The third-order valence-electron chi connectivity index (χ3n) is 12.7. The second-order valence-electron chi connectivity index (χ2n) is 18.5. The number of nitrogens with one attached hydrogen (secondary N) is 1. The number of carbonyl (C=O) groups is 3. The molecule has 2 bridgehead atoms. The summed E-state index contributed by atoms with van der Waals surface area (Å²) < 4.78 is 28.1. The number of aliphatic hydroxyl groups excluding tert-OH is 9. The number of ether oxygens (including phenoxy) is 5. The monoisotopic (exact) mass is 995 g/mol. The van der Waals surface area contributed by atoms with E-state index in [1.165, 1.54) is 13.0 Å². The molecule has 1 amide bonds. The molecule has 20 heteroatoms. The first-order valence-corrected chi connectivity index (χ1v) is 23.9. The van der Waals surface area contributed by atoms with Crippen LogP contribution in [-0.4, -0.2) is 180 Å². The van der Waals surface area contributed by atoms with E-state index >= 15 is 0 Å². The molecule has 70 heavy (non-hydrogen) atoms. The molecule has 2 saturated heterocycles. The van der Waals surface area contributed by atoms with Crippen molar-refractivity contribution in [2.75, 3.05) is 13.7 Å². The van der Waals surface area contributed by atoms with Gasteiger partial charge in [-0.1, -0.05) is 98.9 Å². The molecule has 0 unspecified atom stereocenters. The van der Waals surface area contributed by atoms with Crippen molar-refractivity contribution < 1.29 is 89.1 Å². The summed E-state index contributed by atoms with van der Waals surface area (Å²) in [5.74, 6) is -6.93. The van der Waals surface area contributed by atoms with Crippen molar-refractivity contribution in [3.05, 3.63) is 85.1 Å². The lowest BCUT2D eigenvalue weighted by atomic mass is 9.82. The Labute approximate surface area is 410 Å². The van der Waals surface area contributed by atoms with Crippen LogP contribution < -0.4 is 11.1 Å². The minimum absolute atomic E-state index is 0.118. The van der Waals surface area contributed by atoms with Crippen LogP contribution >= 0.6 is 0 Å². The highest BCUT2D eigenvalue weighted by Gasteiger charge is 2.51. The number of allylic oxidation sites excluding steroid dienone is 12. The van der Waals surface area contributed by atoms with Gasteiger partial charge in [0.1, 0.15) is 18.8 Å². The summed E-state index contributed by atoms with van der Waals surface area (Å²) in [4.78, 5) is 38.2. The number of rotatable bonds is 5. The van der Waals surface area contributed by atoms with Gasteiger partial charge in [0, 0.05) is 37.5 Å². The Kier molecular flexibility index (Phi) is 26.0. The summed E-state index contributed by atoms with van der Waals surface area (Å²) in [5, 5.41) is 112. The molecular weight excluding hydrogens is 917 g/mol. The SMILES string of the molecule is COC(=O)CNC(=O)[C@H]1[C@@H]2C[C@@H](O[C@@H]3O[C@H](C)[C@@H](O)[C@H](N)[C@@H]3O)/C=C/C=C/C=C/C=C/C=C/C=C/C=C/[C@H](C)[C@@H](O)[C@@H](C)[C@H](C)OC(=O)C[C@H](O)C[C@H](O)CC[C@@H](O)[C@H](O)C[C@H](O)C[C@](O)(C[C@@H]1O)O2. The average molecular weight is 995 g/mol. The van der Waals surface area contributed by atoms with Gasteiger partial charge in [-0.25, -0.2) is 0 Å². The number of fused-ring (bicyclic) bond motifs is 2. The summed E-state index contributed by atoms with van der Waals surface area (Å²) in [6.45, 7) is 6.17. The molecule has 3 aliphatic heterocycles. The summed E-state index contributed by atoms with van der Waals surface area (Å²) in [6.07, 6.45) is 3.33. The first kappa shape index (κ1) is 60.3. The third kappa shape index (κ3) is 20.3. The van der Waals surface area contributed by atoms with Gasteiger partial charge in [-0.15, -0.1) is 0 Å². The number of methoxy groups -OCH3 is 1. The molecular formula is C50H78N2O18. The molecule has 3 aliphatic rings. The van der Waals surface area contributed by atoms with Crippen LogP contribution in [0, 0.1) is 17.8 Å². The zero-order valence-electron chi connectivity index (χ0n) is 40.7. The van der Waals surface area contributed by atoms with Gasteiger partial charge in [0.05, 0.1) is 92.6 Å². The summed E-state index contributed by atoms with van der Waals surface area (Å²) in [7, 11) is 1.12. The number of hydrogen-bond acceptors (Lipinski definition) is 19. The van der Waals surface area contributed by atoms with E-state index in [4.69, 9.17) is 24.7 Å². The molecule has 396 valence electrons. The van der Waals surface area contributed by atoms with E-state index in [2.05, 4.69) is 10.1 Å². The van der Waals surface area contributed by atoms with Gasteiger partial charge < -0.3 is 85.8 Å². The lowest BCUT2D eigenvalue weighted by Crippen LogP contribution is -2.62. The van der Waals surface area contributed by atoms with E-state index < -0.39 is 159 Å². The quantitative estimate of drug-likeness (QED) is 0.160. The van der Waals surface area contributed by atoms with E-state index in [-0.39, 0.29) is 31.6 Å². The molecule has 3 heterocycles. The number of hydrogen-bond donors (Lipinski definition) is 12. The van der Waals surface area contributed by atoms with E-state index in [1.54, 1.807) is 86.8 Å². The standard InChI is InChI=1S/C50H78N2O18/c1-29-18-16-14-12-10-8-6-7-9-11-13-15-17-19-36(69-49-47(63)44(51)46(62)32(4)68-49)25-40-43(48(64)52-28-42(60)66-5)39(58)27-50(65,70-40)26-35(55)23-38(57)37(56)21-20-33(53)22-34(54)24-41(59)67-31(3)30(2)45(29)61/h6-19,29-40,43-47,49,53-58,61-63,65H,20-28,51H2,1-5H3,(H,52,64)/b7-6+,10-8+,11-9+,14-12+,15-13+,18-16+,19-17+/t29-,30-,31-,32+,33+,34+,35-,36-,37+,38+,39-,40-,43+,44-,45+,46+,47-,49-,50+/m0/s1. The second kappa shape index (κ2) is 30.2. The largest absolute Gasteiger partial charge is 0.468 e. The van der Waals surface area contributed by atoms with Gasteiger partial charge in [-0.2, -0.15) is 0 Å². The average Bonchev–Trinajstić information content (AvgIpc) is 3.29. The number of carbonyl (C=O) groups excluding carboxylic acids is 3. The normalized spacial score (nSPS) is 42.9. The van der Waals surface area contributed by atoms with Crippen LogP contribution in [0.25, 0.3) is 0 Å². The van der Waals surface area contributed by atoms with Crippen molar-refractivity contribution in [3.8, 4) is 0 Å². The summed E-state index contributed by atoms with van der Waals surface area (Å²) in [6, 6.07) is -1.17. The lowest BCUT2D eigenvalue weighted by molar-refractivity contribution is -0.307. The minimum atomic E-state index is -2.35. The van der Waals surface area contributed by atoms with Crippen LogP contribution in [0.3, 0.4) is 0 Å². The Hall–Kier alpha value is -3.97. The maximum Gasteiger partial charge on any atom is 0.325 e. The van der Waals surface area contributed by atoms with Crippen LogP contribution in [-0.2, 0) is 38.1 Å². The van der Waals surface area contributed by atoms with Crippen molar-refractivity contribution in [2.24, 2.45) is 23.5 Å². The van der Waals surface area contributed by atoms with Gasteiger partial charge in [-0.05, 0) is 33.1 Å². The minimum Gasteiger partial charge on any atom is -0.468 e. The van der Waals surface area contributed by atoms with E-state index in [0.29, 0.717) is 0 Å². The van der Waals surface area contributed by atoms with E-state index in [0.717, 1.165) is 7.11 Å². The first-order chi connectivity index (χ1) is 33.0. The number of nitrogens with two attached hydrogens (primary N) is 1. The summed E-state index contributed by atoms with van der Waals surface area (Å²) >= 11 is 0. The fourth-order valence-corrected chi connectivity index (χ4v) is 8.34. The van der Waals surface area contributed by atoms with Crippen LogP contribution in [0.5, 0.6) is 0 Å². The van der Waals surface area contributed by atoms with Crippen LogP contribution in [0.2, 0.25) is 0 Å². The number of aliphatic hydroxyl groups is 10. The fourth-order valence-electron chi connectivity index (χ4n) is 8.34. The Morgan fingerprint density at radius 2 is 1.29 bits per heavy atom. The molecule has 0 radical (unpaired) electrons. The van der Waals surface area contributed by atoms with E-state index in [9.17, 15) is 65.4 Å². The van der Waals surface area contributed by atoms with Crippen LogP contribution in [0.1, 0.15) is 79.1 Å². The molecule has 0 aromatic heterocycles. The Morgan fingerprint density at radius 3 is 1.89 bits per heavy atom. The molecule has 19 atom stereocenters. The second-order valence-corrected chi connectivity index (χ2v) is 18.5. The smallest absolute Gasteiger partial charge is 0.325 e. The maximum atomic E-state index is 13.6. The molecule has 3 rings (SSSR count). The van der Waals surface area contributed by atoms with Gasteiger partial charge in [0.15, 0.2) is 12.1 Å². The van der Waals surface area contributed by atoms with Gasteiger partial charge in [0.2, 0.25) is 5.91 Å². The number of cyclic esters (lactones) is 1. The van der Waals surface area contributed by atoms with Crippen LogP contribution in [0.4, 0.5) is 0 Å². The van der Waals surface area contributed by atoms with Gasteiger partial charge >= 0.3 is 11.9 Å². The fraction of sp³-hybridized carbons (Fsp3) is 0.660. The van der Waals surface area contributed by atoms with Gasteiger partial charge in [-0.3, -0.25) is 14.4 Å². The van der Waals surface area contributed by atoms with Crippen molar-refractivity contribution in [1.29, 1.82) is 0 Å².